The lowest BCUT2D eigenvalue weighted by molar-refractivity contribution is -0.134. The van der Waals surface area contributed by atoms with Crippen LogP contribution in [0, 0.1) is 3.57 Å². The van der Waals surface area contributed by atoms with Gasteiger partial charge in [-0.05, 0) is 41.1 Å². The fourth-order valence-corrected chi connectivity index (χ4v) is 2.61. The summed E-state index contributed by atoms with van der Waals surface area (Å²) in [6, 6.07) is 3.25. The van der Waals surface area contributed by atoms with Gasteiger partial charge in [-0.25, -0.2) is 0 Å². The maximum Gasteiger partial charge on any atom is 0.311 e. The Morgan fingerprint density at radius 3 is 2.67 bits per heavy atom. The zero-order valence-electron chi connectivity index (χ0n) is 8.02. The summed E-state index contributed by atoms with van der Waals surface area (Å²) in [5.41, 5.74) is 0. The fraction of sp³-hybridized carbons (Fsp3) is 0.300. The number of carbonyl (C=O) groups excluding carboxylic acids is 1. The van der Waals surface area contributed by atoms with E-state index in [2.05, 4.69) is 0 Å². The third-order valence-corrected chi connectivity index (χ3v) is 2.93. The quantitative estimate of drug-likeness (QED) is 0.457. The molecule has 0 atom stereocenters. The molecule has 0 N–H and O–H groups in total. The van der Waals surface area contributed by atoms with Gasteiger partial charge in [-0.1, -0.05) is 30.1 Å². The van der Waals surface area contributed by atoms with Crippen molar-refractivity contribution in [3.05, 3.63) is 25.7 Å². The molecule has 0 unspecified atom stereocenters. The lowest BCUT2D eigenvalue weighted by atomic mass is 10.3. The highest BCUT2D eigenvalue weighted by molar-refractivity contribution is 14.1. The number of hydrogen-bond donors (Lipinski definition) is 0. The average molecular weight is 359 g/mol. The van der Waals surface area contributed by atoms with Crippen LogP contribution in [0.4, 0.5) is 0 Å². The van der Waals surface area contributed by atoms with Crippen molar-refractivity contribution in [3.63, 3.8) is 0 Å². The van der Waals surface area contributed by atoms with Gasteiger partial charge < -0.3 is 4.74 Å². The first kappa shape index (κ1) is 13.1. The first-order valence-corrected chi connectivity index (χ1v) is 6.23. The zero-order chi connectivity index (χ0) is 11.4. The summed E-state index contributed by atoms with van der Waals surface area (Å²) in [6.45, 7) is 1.91. The highest BCUT2D eigenvalue weighted by Crippen LogP contribution is 2.33. The van der Waals surface area contributed by atoms with Crippen molar-refractivity contribution < 1.29 is 9.53 Å². The molecule has 0 bridgehead atoms. The molecule has 0 aliphatic rings. The van der Waals surface area contributed by atoms with Gasteiger partial charge in [0.2, 0.25) is 0 Å². The monoisotopic (exact) mass is 358 g/mol. The minimum atomic E-state index is -0.278. The first-order valence-electron chi connectivity index (χ1n) is 4.39. The van der Waals surface area contributed by atoms with E-state index in [1.165, 1.54) is 0 Å². The van der Waals surface area contributed by atoms with Crippen molar-refractivity contribution >= 4 is 51.8 Å². The van der Waals surface area contributed by atoms with Crippen LogP contribution in [0.1, 0.15) is 19.8 Å². The Morgan fingerprint density at radius 1 is 1.47 bits per heavy atom. The van der Waals surface area contributed by atoms with Crippen LogP contribution in [0.15, 0.2) is 12.1 Å². The van der Waals surface area contributed by atoms with Crippen LogP contribution >= 0.6 is 45.8 Å². The van der Waals surface area contributed by atoms with Crippen molar-refractivity contribution in [1.29, 1.82) is 0 Å². The summed E-state index contributed by atoms with van der Waals surface area (Å²) < 4.78 is 5.87. The Hall–Kier alpha value is -0.000000000000000111. The topological polar surface area (TPSA) is 26.3 Å². The van der Waals surface area contributed by atoms with Crippen molar-refractivity contribution in [2.75, 3.05) is 0 Å². The van der Waals surface area contributed by atoms with E-state index in [9.17, 15) is 4.79 Å². The van der Waals surface area contributed by atoms with E-state index in [0.29, 0.717) is 22.2 Å². The van der Waals surface area contributed by atoms with Gasteiger partial charge in [0.1, 0.15) is 0 Å². The second kappa shape index (κ2) is 5.92. The van der Waals surface area contributed by atoms with E-state index < -0.39 is 0 Å². The summed E-state index contributed by atoms with van der Waals surface area (Å²) in [5.74, 6) is 0.111. The number of hydrogen-bond acceptors (Lipinski definition) is 2. The zero-order valence-corrected chi connectivity index (χ0v) is 11.7. The van der Waals surface area contributed by atoms with Crippen molar-refractivity contribution in [2.45, 2.75) is 19.8 Å². The SMILES string of the molecule is CCCC(=O)Oc1c(Cl)cc(Cl)cc1I. The van der Waals surface area contributed by atoms with E-state index in [1.54, 1.807) is 12.1 Å². The van der Waals surface area contributed by atoms with Crippen molar-refractivity contribution in [2.24, 2.45) is 0 Å². The van der Waals surface area contributed by atoms with Gasteiger partial charge in [-0.15, -0.1) is 0 Å². The molecule has 0 aliphatic carbocycles. The van der Waals surface area contributed by atoms with Gasteiger partial charge >= 0.3 is 5.97 Å². The van der Waals surface area contributed by atoms with E-state index in [-0.39, 0.29) is 5.97 Å². The molecule has 82 valence electrons. The number of carbonyl (C=O) groups is 1. The van der Waals surface area contributed by atoms with E-state index in [1.807, 2.05) is 29.5 Å². The molecule has 15 heavy (non-hydrogen) atoms. The maximum atomic E-state index is 11.3. The van der Waals surface area contributed by atoms with Crippen LogP contribution in [0.3, 0.4) is 0 Å². The maximum absolute atomic E-state index is 11.3. The van der Waals surface area contributed by atoms with Crippen LogP contribution < -0.4 is 4.74 Å². The molecule has 0 radical (unpaired) electrons. The third kappa shape index (κ3) is 3.81. The van der Waals surface area contributed by atoms with Crippen LogP contribution in [-0.4, -0.2) is 5.97 Å². The van der Waals surface area contributed by atoms with Gasteiger partial charge in [0.25, 0.3) is 0 Å². The second-order valence-electron chi connectivity index (χ2n) is 2.92. The Bertz CT molecular complexity index is 357. The Balaban J connectivity index is 2.90. The summed E-state index contributed by atoms with van der Waals surface area (Å²) >= 11 is 13.7. The summed E-state index contributed by atoms with van der Waals surface area (Å²) in [5, 5.41) is 0.885. The highest BCUT2D eigenvalue weighted by atomic mass is 127. The Kier molecular flexibility index (Phi) is 5.15. The minimum Gasteiger partial charge on any atom is -0.424 e. The molecule has 0 amide bonds. The Labute approximate surface area is 112 Å². The molecular weight excluding hydrogens is 350 g/mol. The number of esters is 1. The van der Waals surface area contributed by atoms with Gasteiger partial charge in [-0.2, -0.15) is 0 Å². The van der Waals surface area contributed by atoms with Crippen LogP contribution in [0.5, 0.6) is 5.75 Å². The molecule has 0 fully saturated rings. The predicted octanol–water partition coefficient (Wildman–Crippen LogP) is 4.30. The predicted molar refractivity (Wildman–Crippen MR) is 69.7 cm³/mol. The van der Waals surface area contributed by atoms with Gasteiger partial charge in [-0.3, -0.25) is 4.79 Å². The smallest absolute Gasteiger partial charge is 0.311 e. The first-order chi connectivity index (χ1) is 7.04. The number of ether oxygens (including phenoxy) is 1. The number of rotatable bonds is 3. The molecule has 0 aliphatic heterocycles. The van der Waals surface area contributed by atoms with E-state index in [4.69, 9.17) is 27.9 Å². The van der Waals surface area contributed by atoms with Gasteiger partial charge in [0.15, 0.2) is 5.75 Å². The summed E-state index contributed by atoms with van der Waals surface area (Å²) in [6.07, 6.45) is 1.13. The summed E-state index contributed by atoms with van der Waals surface area (Å²) in [7, 11) is 0. The molecule has 0 heterocycles. The fourth-order valence-electron chi connectivity index (χ4n) is 0.995. The lowest BCUT2D eigenvalue weighted by Crippen LogP contribution is -2.08. The van der Waals surface area contributed by atoms with Crippen molar-refractivity contribution in [1.82, 2.24) is 0 Å². The normalized spacial score (nSPS) is 10.1. The molecule has 5 heteroatoms. The van der Waals surface area contributed by atoms with Crippen LogP contribution in [0.25, 0.3) is 0 Å². The second-order valence-corrected chi connectivity index (χ2v) is 4.93. The van der Waals surface area contributed by atoms with Gasteiger partial charge in [0, 0.05) is 11.4 Å². The molecule has 0 spiro atoms. The molecule has 0 saturated carbocycles. The van der Waals surface area contributed by atoms with Gasteiger partial charge in [0.05, 0.1) is 8.59 Å². The molecular formula is C10H9Cl2IO2. The average Bonchev–Trinajstić information content (AvgIpc) is 2.11. The molecule has 1 aromatic rings. The Morgan fingerprint density at radius 2 is 2.13 bits per heavy atom. The van der Waals surface area contributed by atoms with Crippen LogP contribution in [-0.2, 0) is 4.79 Å². The summed E-state index contributed by atoms with van der Waals surface area (Å²) in [4.78, 5) is 11.3. The number of halogens is 3. The molecule has 2 nitrogen and oxygen atoms in total. The molecule has 0 saturated heterocycles. The minimum absolute atomic E-state index is 0.278. The molecule has 1 rings (SSSR count). The third-order valence-electron chi connectivity index (χ3n) is 1.63. The highest BCUT2D eigenvalue weighted by Gasteiger charge is 2.12. The van der Waals surface area contributed by atoms with E-state index >= 15 is 0 Å². The van der Waals surface area contributed by atoms with Crippen molar-refractivity contribution in [3.8, 4) is 5.75 Å². The van der Waals surface area contributed by atoms with Crippen LogP contribution in [0.2, 0.25) is 10.0 Å². The molecule has 1 aromatic carbocycles. The lowest BCUT2D eigenvalue weighted by Gasteiger charge is -2.08. The molecule has 0 aromatic heterocycles. The largest absolute Gasteiger partial charge is 0.424 e. The number of benzene rings is 1. The van der Waals surface area contributed by atoms with E-state index in [0.717, 1.165) is 9.99 Å². The standard InChI is InChI=1S/C10H9Cl2IO2/c1-2-3-9(14)15-10-7(12)4-6(11)5-8(10)13/h4-5H,2-3H2,1H3.